The molecule has 0 saturated carbocycles. The molecule has 0 aliphatic heterocycles. The molecule has 0 radical (unpaired) electrons. The van der Waals surface area contributed by atoms with E-state index >= 15 is 0 Å². The standard InChI is InChI=1S/C19H14N2O4/c1-23-16-8-7-12(10-17(16)24-2)9-13(11-20)18-21-15-6-4-3-5-14(15)19(22)25-18/h3-10H,1-2H3/b13-9+. The highest BCUT2D eigenvalue weighted by Crippen LogP contribution is 2.29. The van der Waals surface area contributed by atoms with Gasteiger partial charge in [-0.2, -0.15) is 5.26 Å². The van der Waals surface area contributed by atoms with Crippen molar-refractivity contribution in [2.45, 2.75) is 0 Å². The van der Waals surface area contributed by atoms with E-state index in [0.717, 1.165) is 0 Å². The van der Waals surface area contributed by atoms with Gasteiger partial charge in [-0.05, 0) is 35.9 Å². The predicted molar refractivity (Wildman–Crippen MR) is 93.3 cm³/mol. The molecule has 0 atom stereocenters. The number of methoxy groups -OCH3 is 2. The molecule has 0 unspecified atom stereocenters. The molecule has 1 heterocycles. The third-order valence-corrected chi connectivity index (χ3v) is 3.60. The fraction of sp³-hybridized carbons (Fsp3) is 0.105. The normalized spacial score (nSPS) is 11.2. The van der Waals surface area contributed by atoms with Crippen molar-refractivity contribution in [3.05, 3.63) is 64.3 Å². The molecule has 0 fully saturated rings. The first kappa shape index (κ1) is 16.3. The van der Waals surface area contributed by atoms with Gasteiger partial charge in [-0.25, -0.2) is 9.78 Å². The Morgan fingerprint density at radius 3 is 2.64 bits per heavy atom. The zero-order valence-corrected chi connectivity index (χ0v) is 13.6. The molecule has 124 valence electrons. The lowest BCUT2D eigenvalue weighted by molar-refractivity contribution is 0.355. The summed E-state index contributed by atoms with van der Waals surface area (Å²) in [6.07, 6.45) is 1.57. The summed E-state index contributed by atoms with van der Waals surface area (Å²) in [4.78, 5) is 16.3. The number of rotatable bonds is 4. The van der Waals surface area contributed by atoms with Gasteiger partial charge < -0.3 is 13.9 Å². The Balaban J connectivity index is 2.10. The van der Waals surface area contributed by atoms with Crippen LogP contribution in [0, 0.1) is 11.3 Å². The Kier molecular flexibility index (Phi) is 4.48. The van der Waals surface area contributed by atoms with Gasteiger partial charge >= 0.3 is 5.63 Å². The minimum absolute atomic E-state index is 0.0269. The van der Waals surface area contributed by atoms with Crippen molar-refractivity contribution in [1.29, 1.82) is 5.26 Å². The largest absolute Gasteiger partial charge is 0.493 e. The maximum absolute atomic E-state index is 12.1. The van der Waals surface area contributed by atoms with E-state index in [-0.39, 0.29) is 11.5 Å². The van der Waals surface area contributed by atoms with Crippen molar-refractivity contribution >= 4 is 22.6 Å². The molecule has 0 aliphatic rings. The molecule has 1 aromatic heterocycles. The van der Waals surface area contributed by atoms with Crippen molar-refractivity contribution < 1.29 is 13.9 Å². The summed E-state index contributed by atoms with van der Waals surface area (Å²) < 4.78 is 15.6. The van der Waals surface area contributed by atoms with Gasteiger partial charge in [-0.3, -0.25) is 0 Å². The second kappa shape index (κ2) is 6.89. The van der Waals surface area contributed by atoms with Crippen LogP contribution in [-0.2, 0) is 0 Å². The van der Waals surface area contributed by atoms with Crippen LogP contribution in [0.15, 0.2) is 51.7 Å². The highest BCUT2D eigenvalue weighted by atomic mass is 16.5. The van der Waals surface area contributed by atoms with E-state index in [9.17, 15) is 10.1 Å². The molecule has 25 heavy (non-hydrogen) atoms. The number of ether oxygens (including phenoxy) is 2. The average Bonchev–Trinajstić information content (AvgIpc) is 2.65. The fourth-order valence-electron chi connectivity index (χ4n) is 2.39. The zero-order valence-electron chi connectivity index (χ0n) is 13.6. The summed E-state index contributed by atoms with van der Waals surface area (Å²) in [6, 6.07) is 14.0. The third kappa shape index (κ3) is 3.21. The first-order valence-corrected chi connectivity index (χ1v) is 7.40. The Bertz CT molecular complexity index is 1060. The smallest absolute Gasteiger partial charge is 0.347 e. The van der Waals surface area contributed by atoms with Crippen molar-refractivity contribution in [3.8, 4) is 17.6 Å². The molecule has 0 aliphatic carbocycles. The van der Waals surface area contributed by atoms with Crippen LogP contribution in [0.5, 0.6) is 11.5 Å². The van der Waals surface area contributed by atoms with Crippen molar-refractivity contribution in [1.82, 2.24) is 4.98 Å². The summed E-state index contributed by atoms with van der Waals surface area (Å²) in [5.74, 6) is 1.08. The minimum Gasteiger partial charge on any atom is -0.493 e. The van der Waals surface area contributed by atoms with E-state index in [1.165, 1.54) is 7.11 Å². The Labute approximate surface area is 143 Å². The van der Waals surface area contributed by atoms with Crippen molar-refractivity contribution in [3.63, 3.8) is 0 Å². The molecule has 2 aromatic carbocycles. The van der Waals surface area contributed by atoms with E-state index in [4.69, 9.17) is 13.9 Å². The number of benzene rings is 2. The van der Waals surface area contributed by atoms with Gasteiger partial charge in [0.15, 0.2) is 11.5 Å². The first-order chi connectivity index (χ1) is 12.2. The third-order valence-electron chi connectivity index (χ3n) is 3.60. The van der Waals surface area contributed by atoms with Crippen LogP contribution in [0.3, 0.4) is 0 Å². The predicted octanol–water partition coefficient (Wildman–Crippen LogP) is 3.27. The second-order valence-electron chi connectivity index (χ2n) is 5.11. The molecule has 6 heteroatoms. The molecular weight excluding hydrogens is 320 g/mol. The summed E-state index contributed by atoms with van der Waals surface area (Å²) in [7, 11) is 3.07. The number of para-hydroxylation sites is 1. The van der Waals surface area contributed by atoms with Gasteiger partial charge in [0.05, 0.1) is 25.1 Å². The minimum atomic E-state index is -0.533. The van der Waals surface area contributed by atoms with Crippen molar-refractivity contribution in [2.24, 2.45) is 0 Å². The highest BCUT2D eigenvalue weighted by Gasteiger charge is 2.11. The molecular formula is C19H14N2O4. The number of allylic oxidation sites excluding steroid dienone is 1. The summed E-state index contributed by atoms with van der Waals surface area (Å²) >= 11 is 0. The van der Waals surface area contributed by atoms with E-state index in [1.54, 1.807) is 55.7 Å². The number of nitriles is 1. The van der Waals surface area contributed by atoms with Gasteiger partial charge in [-0.15, -0.1) is 0 Å². The summed E-state index contributed by atoms with van der Waals surface area (Å²) in [6.45, 7) is 0. The fourth-order valence-corrected chi connectivity index (χ4v) is 2.39. The highest BCUT2D eigenvalue weighted by molar-refractivity contribution is 5.88. The Hall–Kier alpha value is -3.59. The zero-order chi connectivity index (χ0) is 17.8. The molecule has 0 amide bonds. The lowest BCUT2D eigenvalue weighted by Gasteiger charge is -2.08. The van der Waals surface area contributed by atoms with Crippen molar-refractivity contribution in [2.75, 3.05) is 14.2 Å². The van der Waals surface area contributed by atoms with Gasteiger partial charge in [-0.1, -0.05) is 18.2 Å². The van der Waals surface area contributed by atoms with E-state index < -0.39 is 5.63 Å². The van der Waals surface area contributed by atoms with Gasteiger partial charge in [0.2, 0.25) is 5.89 Å². The van der Waals surface area contributed by atoms with Crippen LogP contribution >= 0.6 is 0 Å². The molecule has 6 nitrogen and oxygen atoms in total. The molecule has 0 N–H and O–H groups in total. The van der Waals surface area contributed by atoms with Gasteiger partial charge in [0, 0.05) is 0 Å². The van der Waals surface area contributed by atoms with Crippen LogP contribution in [0.2, 0.25) is 0 Å². The van der Waals surface area contributed by atoms with Gasteiger partial charge in [0.25, 0.3) is 0 Å². The quantitative estimate of drug-likeness (QED) is 0.681. The average molecular weight is 334 g/mol. The van der Waals surface area contributed by atoms with Crippen LogP contribution in [0.4, 0.5) is 0 Å². The Morgan fingerprint density at radius 2 is 1.92 bits per heavy atom. The van der Waals surface area contributed by atoms with E-state index in [2.05, 4.69) is 4.98 Å². The van der Waals surface area contributed by atoms with Crippen LogP contribution in [-0.4, -0.2) is 19.2 Å². The number of fused-ring (bicyclic) bond motifs is 1. The molecule has 3 aromatic rings. The number of hydrogen-bond donors (Lipinski definition) is 0. The number of aromatic nitrogens is 1. The lowest BCUT2D eigenvalue weighted by atomic mass is 10.1. The topological polar surface area (TPSA) is 85.4 Å². The van der Waals surface area contributed by atoms with Crippen LogP contribution in [0.25, 0.3) is 22.6 Å². The molecule has 0 bridgehead atoms. The maximum Gasteiger partial charge on any atom is 0.347 e. The monoisotopic (exact) mass is 334 g/mol. The lowest BCUT2D eigenvalue weighted by Crippen LogP contribution is -2.04. The second-order valence-corrected chi connectivity index (χ2v) is 5.11. The van der Waals surface area contributed by atoms with Gasteiger partial charge in [0.1, 0.15) is 11.6 Å². The number of hydrogen-bond acceptors (Lipinski definition) is 6. The molecule has 0 spiro atoms. The van der Waals surface area contributed by atoms with Crippen LogP contribution < -0.4 is 15.1 Å². The van der Waals surface area contributed by atoms with Crippen LogP contribution in [0.1, 0.15) is 11.5 Å². The first-order valence-electron chi connectivity index (χ1n) is 7.40. The molecule has 0 saturated heterocycles. The van der Waals surface area contributed by atoms with E-state index in [1.807, 2.05) is 6.07 Å². The summed E-state index contributed by atoms with van der Waals surface area (Å²) in [5.41, 5.74) is 0.762. The maximum atomic E-state index is 12.1. The number of nitrogens with zero attached hydrogens (tertiary/aromatic N) is 2. The molecule has 3 rings (SSSR count). The Morgan fingerprint density at radius 1 is 1.16 bits per heavy atom. The van der Waals surface area contributed by atoms with E-state index in [0.29, 0.717) is 28.0 Å². The summed E-state index contributed by atoms with van der Waals surface area (Å²) in [5, 5.41) is 9.82. The SMILES string of the molecule is COc1ccc(/C=C(\C#N)c2nc3ccccc3c(=O)o2)cc1OC.